The van der Waals surface area contributed by atoms with Crippen LogP contribution in [0.2, 0.25) is 0 Å². The molecule has 0 amide bonds. The maximum atomic E-state index is 9.30. The fourth-order valence-corrected chi connectivity index (χ4v) is 2.73. The van der Waals surface area contributed by atoms with Gasteiger partial charge in [-0.25, -0.2) is 4.98 Å². The maximum absolute atomic E-state index is 9.30. The molecule has 6 nitrogen and oxygen atoms in total. The number of rotatable bonds is 6. The summed E-state index contributed by atoms with van der Waals surface area (Å²) in [4.78, 5) is 13.4. The first-order valence-corrected chi connectivity index (χ1v) is 9.06. The first-order chi connectivity index (χ1) is 12.6. The van der Waals surface area contributed by atoms with Crippen LogP contribution in [0.3, 0.4) is 0 Å². The summed E-state index contributed by atoms with van der Waals surface area (Å²) in [5.74, 6) is 1.08. The molecule has 7 heteroatoms. The lowest BCUT2D eigenvalue weighted by atomic mass is 10.2. The first-order valence-electron chi connectivity index (χ1n) is 8.27. The van der Waals surface area contributed by atoms with Gasteiger partial charge < -0.3 is 15.7 Å². The van der Waals surface area contributed by atoms with Crippen molar-refractivity contribution in [2.75, 3.05) is 17.2 Å². The number of pyridine rings is 1. The number of benzene rings is 1. The highest BCUT2D eigenvalue weighted by atomic mass is 79.9. The minimum absolute atomic E-state index is 0.00925. The van der Waals surface area contributed by atoms with Gasteiger partial charge >= 0.3 is 0 Å². The van der Waals surface area contributed by atoms with E-state index in [2.05, 4.69) is 41.5 Å². The molecular formula is C19H20BrN5O. The Bertz CT molecular complexity index is 888. The van der Waals surface area contributed by atoms with Gasteiger partial charge in [-0.3, -0.25) is 4.98 Å². The highest BCUT2D eigenvalue weighted by molar-refractivity contribution is 9.10. The fraction of sp³-hybridized carbons (Fsp3) is 0.211. The third-order valence-electron chi connectivity index (χ3n) is 3.83. The largest absolute Gasteiger partial charge is 0.394 e. The lowest BCUT2D eigenvalue weighted by Gasteiger charge is -2.15. The number of aromatic nitrogens is 3. The second-order valence-corrected chi connectivity index (χ2v) is 6.80. The molecule has 0 bridgehead atoms. The standard InChI is InChI=1S/C19H20BrN5O/c1-12(11-26)22-19-24-17(16-7-3-4-9-21-16)10-18(25-19)23-15-8-5-6-14(20)13(15)2/h3-10,12,26H,11H2,1-2H3,(H2,22,23,24,25)/t12-/m1/s1. The lowest BCUT2D eigenvalue weighted by molar-refractivity contribution is 0.281. The van der Waals surface area contributed by atoms with Gasteiger partial charge in [-0.15, -0.1) is 0 Å². The molecule has 0 aliphatic rings. The van der Waals surface area contributed by atoms with Crippen molar-refractivity contribution in [3.63, 3.8) is 0 Å². The minimum atomic E-state index is -0.158. The first kappa shape index (κ1) is 18.3. The van der Waals surface area contributed by atoms with Gasteiger partial charge in [0.1, 0.15) is 5.82 Å². The number of aliphatic hydroxyl groups is 1. The second-order valence-electron chi connectivity index (χ2n) is 5.94. The van der Waals surface area contributed by atoms with Crippen LogP contribution in [-0.4, -0.2) is 32.7 Å². The Hall–Kier alpha value is -2.51. The summed E-state index contributed by atoms with van der Waals surface area (Å²) < 4.78 is 1.02. The summed E-state index contributed by atoms with van der Waals surface area (Å²) in [6.07, 6.45) is 1.73. The second kappa shape index (κ2) is 8.25. The smallest absolute Gasteiger partial charge is 0.225 e. The van der Waals surface area contributed by atoms with Gasteiger partial charge in [0.25, 0.3) is 0 Å². The Kier molecular flexibility index (Phi) is 5.80. The van der Waals surface area contributed by atoms with E-state index in [4.69, 9.17) is 0 Å². The third-order valence-corrected chi connectivity index (χ3v) is 4.69. The minimum Gasteiger partial charge on any atom is -0.394 e. The van der Waals surface area contributed by atoms with Crippen LogP contribution >= 0.6 is 15.9 Å². The quantitative estimate of drug-likeness (QED) is 0.562. The molecule has 3 rings (SSSR count). The van der Waals surface area contributed by atoms with Gasteiger partial charge in [-0.2, -0.15) is 4.98 Å². The number of hydrogen-bond donors (Lipinski definition) is 3. The SMILES string of the molecule is Cc1c(Br)cccc1Nc1cc(-c2ccccn2)nc(N[C@H](C)CO)n1. The Labute approximate surface area is 160 Å². The number of nitrogens with one attached hydrogen (secondary N) is 2. The van der Waals surface area contributed by atoms with Crippen molar-refractivity contribution in [3.8, 4) is 11.4 Å². The summed E-state index contributed by atoms with van der Waals surface area (Å²) >= 11 is 3.54. The highest BCUT2D eigenvalue weighted by Gasteiger charge is 2.11. The molecule has 0 aliphatic carbocycles. The van der Waals surface area contributed by atoms with Crippen molar-refractivity contribution in [3.05, 3.63) is 58.7 Å². The number of nitrogens with zero attached hydrogens (tertiary/aromatic N) is 3. The van der Waals surface area contributed by atoms with Gasteiger partial charge in [-0.05, 0) is 43.7 Å². The van der Waals surface area contributed by atoms with Crippen molar-refractivity contribution < 1.29 is 5.11 Å². The Morgan fingerprint density at radius 1 is 1.12 bits per heavy atom. The van der Waals surface area contributed by atoms with Crippen LogP contribution in [0.5, 0.6) is 0 Å². The van der Waals surface area contributed by atoms with E-state index in [1.807, 2.05) is 56.3 Å². The molecule has 0 unspecified atom stereocenters. The monoisotopic (exact) mass is 413 g/mol. The summed E-state index contributed by atoms with van der Waals surface area (Å²) in [6.45, 7) is 3.88. The molecule has 2 heterocycles. The van der Waals surface area contributed by atoms with Gasteiger partial charge in [0.05, 0.1) is 18.0 Å². The van der Waals surface area contributed by atoms with E-state index in [0.29, 0.717) is 17.5 Å². The molecule has 0 fully saturated rings. The zero-order valence-corrected chi connectivity index (χ0v) is 16.2. The summed E-state index contributed by atoms with van der Waals surface area (Å²) in [5.41, 5.74) is 3.49. The van der Waals surface area contributed by atoms with E-state index in [1.54, 1.807) is 6.20 Å². The zero-order valence-electron chi connectivity index (χ0n) is 14.6. The van der Waals surface area contributed by atoms with Crippen LogP contribution in [0.4, 0.5) is 17.5 Å². The van der Waals surface area contributed by atoms with Crippen molar-refractivity contribution in [1.82, 2.24) is 15.0 Å². The Morgan fingerprint density at radius 2 is 1.96 bits per heavy atom. The average Bonchev–Trinajstić information content (AvgIpc) is 2.66. The van der Waals surface area contributed by atoms with Crippen LogP contribution in [0.1, 0.15) is 12.5 Å². The number of aliphatic hydroxyl groups excluding tert-OH is 1. The van der Waals surface area contributed by atoms with E-state index in [9.17, 15) is 5.11 Å². The molecule has 134 valence electrons. The Morgan fingerprint density at radius 3 is 2.69 bits per heavy atom. The molecular weight excluding hydrogens is 394 g/mol. The number of hydrogen-bond acceptors (Lipinski definition) is 6. The molecule has 0 radical (unpaired) electrons. The topological polar surface area (TPSA) is 83.0 Å². The van der Waals surface area contributed by atoms with Crippen molar-refractivity contribution in [1.29, 1.82) is 0 Å². The molecule has 3 aromatic rings. The van der Waals surface area contributed by atoms with Crippen molar-refractivity contribution >= 4 is 33.4 Å². The molecule has 0 spiro atoms. The molecule has 1 aromatic carbocycles. The van der Waals surface area contributed by atoms with Gasteiger partial charge in [-0.1, -0.05) is 28.1 Å². The third kappa shape index (κ3) is 4.36. The van der Waals surface area contributed by atoms with Crippen LogP contribution in [-0.2, 0) is 0 Å². The van der Waals surface area contributed by atoms with Gasteiger partial charge in [0.15, 0.2) is 0 Å². The average molecular weight is 414 g/mol. The van der Waals surface area contributed by atoms with Crippen molar-refractivity contribution in [2.45, 2.75) is 19.9 Å². The zero-order chi connectivity index (χ0) is 18.5. The van der Waals surface area contributed by atoms with E-state index in [0.717, 1.165) is 21.4 Å². The van der Waals surface area contributed by atoms with Crippen LogP contribution in [0.15, 0.2) is 53.1 Å². The van der Waals surface area contributed by atoms with Crippen molar-refractivity contribution in [2.24, 2.45) is 0 Å². The highest BCUT2D eigenvalue weighted by Crippen LogP contribution is 2.27. The molecule has 26 heavy (non-hydrogen) atoms. The van der Waals surface area contributed by atoms with E-state index in [-0.39, 0.29) is 12.6 Å². The van der Waals surface area contributed by atoms with Gasteiger partial charge in [0.2, 0.25) is 5.95 Å². The summed E-state index contributed by atoms with van der Waals surface area (Å²) in [7, 11) is 0. The lowest BCUT2D eigenvalue weighted by Crippen LogP contribution is -2.21. The molecule has 0 saturated carbocycles. The summed E-state index contributed by atoms with van der Waals surface area (Å²) in [5, 5.41) is 15.8. The normalized spacial score (nSPS) is 11.8. The number of halogens is 1. The predicted molar refractivity (Wildman–Crippen MR) is 108 cm³/mol. The van der Waals surface area contributed by atoms with Crippen LogP contribution in [0.25, 0.3) is 11.4 Å². The van der Waals surface area contributed by atoms with Gasteiger partial charge in [0, 0.05) is 28.5 Å². The van der Waals surface area contributed by atoms with E-state index < -0.39 is 0 Å². The Balaban J connectivity index is 2.00. The predicted octanol–water partition coefficient (Wildman–Crippen LogP) is 4.15. The summed E-state index contributed by atoms with van der Waals surface area (Å²) in [6, 6.07) is 13.3. The molecule has 2 aromatic heterocycles. The molecule has 0 aliphatic heterocycles. The molecule has 0 saturated heterocycles. The molecule has 1 atom stereocenters. The molecule has 3 N–H and O–H groups in total. The van der Waals surface area contributed by atoms with E-state index in [1.165, 1.54) is 0 Å². The van der Waals surface area contributed by atoms with E-state index >= 15 is 0 Å². The maximum Gasteiger partial charge on any atom is 0.225 e. The number of anilines is 3. The van der Waals surface area contributed by atoms with Crippen LogP contribution < -0.4 is 10.6 Å². The van der Waals surface area contributed by atoms with Crippen LogP contribution in [0, 0.1) is 6.92 Å². The fourth-order valence-electron chi connectivity index (χ4n) is 2.37.